The van der Waals surface area contributed by atoms with Crippen molar-refractivity contribution < 1.29 is 23.9 Å². The van der Waals surface area contributed by atoms with Crippen LogP contribution in [0.25, 0.3) is 0 Å². The number of benzene rings is 1. The lowest BCUT2D eigenvalue weighted by Gasteiger charge is -2.33. The number of hydrogen-bond donors (Lipinski definition) is 0. The van der Waals surface area contributed by atoms with Gasteiger partial charge in [-0.25, -0.2) is 0 Å². The van der Waals surface area contributed by atoms with Crippen molar-refractivity contribution in [1.82, 2.24) is 9.80 Å². The lowest BCUT2D eigenvalue weighted by atomic mass is 9.78. The van der Waals surface area contributed by atoms with Gasteiger partial charge >= 0.3 is 0 Å². The summed E-state index contributed by atoms with van der Waals surface area (Å²) >= 11 is 0. The van der Waals surface area contributed by atoms with Crippen LogP contribution in [-0.4, -0.2) is 74.7 Å². The van der Waals surface area contributed by atoms with Gasteiger partial charge in [0.05, 0.1) is 14.2 Å². The number of methoxy groups -OCH3 is 2. The van der Waals surface area contributed by atoms with Gasteiger partial charge in [0.1, 0.15) is 0 Å². The highest BCUT2D eigenvalue weighted by molar-refractivity contribution is 6.24. The van der Waals surface area contributed by atoms with Crippen LogP contribution in [0.15, 0.2) is 53.0 Å². The minimum absolute atomic E-state index is 0.0713. The number of ketones is 2. The Morgan fingerprint density at radius 3 is 2.13 bits per heavy atom. The second kappa shape index (κ2) is 9.92. The molecule has 166 valence electrons. The van der Waals surface area contributed by atoms with E-state index in [4.69, 9.17) is 9.47 Å². The van der Waals surface area contributed by atoms with Gasteiger partial charge in [0.25, 0.3) is 0 Å². The largest absolute Gasteiger partial charge is 0.489 e. The van der Waals surface area contributed by atoms with E-state index in [2.05, 4.69) is 4.90 Å². The van der Waals surface area contributed by atoms with Crippen LogP contribution in [0.3, 0.4) is 0 Å². The highest BCUT2D eigenvalue weighted by Crippen LogP contribution is 2.38. The van der Waals surface area contributed by atoms with Crippen LogP contribution in [-0.2, 0) is 23.9 Å². The Balaban J connectivity index is 1.90. The molecule has 1 atom stereocenters. The Labute approximate surface area is 183 Å². The fraction of sp³-hybridized carbons (Fsp3) is 0.458. The third-order valence-corrected chi connectivity index (χ3v) is 6.07. The lowest BCUT2D eigenvalue weighted by molar-refractivity contribution is -0.133. The molecule has 1 unspecified atom stereocenters. The normalized spacial score (nSPS) is 19.0. The summed E-state index contributed by atoms with van der Waals surface area (Å²) in [5, 5.41) is 0. The van der Waals surface area contributed by atoms with Crippen molar-refractivity contribution in [2.75, 3.05) is 47.4 Å². The smallest absolute Gasteiger partial charge is 0.228 e. The molecular formula is C24H30N2O5. The zero-order valence-corrected chi connectivity index (χ0v) is 18.6. The first kappa shape index (κ1) is 22.7. The van der Waals surface area contributed by atoms with Crippen LogP contribution >= 0.6 is 0 Å². The van der Waals surface area contributed by atoms with Gasteiger partial charge in [0.2, 0.25) is 29.0 Å². The molecule has 0 bridgehead atoms. The number of Topliss-reactive ketones (excluding diaryl/α,β-unsaturated/α-hetero) is 2. The van der Waals surface area contributed by atoms with Gasteiger partial charge in [0, 0.05) is 49.7 Å². The Morgan fingerprint density at radius 2 is 1.55 bits per heavy atom. The zero-order valence-electron chi connectivity index (χ0n) is 18.6. The number of ether oxygens (including phenoxy) is 2. The summed E-state index contributed by atoms with van der Waals surface area (Å²) in [6, 6.07) is 9.53. The van der Waals surface area contributed by atoms with Crippen molar-refractivity contribution in [3.63, 3.8) is 0 Å². The van der Waals surface area contributed by atoms with E-state index in [1.807, 2.05) is 42.3 Å². The van der Waals surface area contributed by atoms with E-state index >= 15 is 0 Å². The summed E-state index contributed by atoms with van der Waals surface area (Å²) in [4.78, 5) is 43.1. The van der Waals surface area contributed by atoms with Gasteiger partial charge in [0.15, 0.2) is 0 Å². The number of allylic oxidation sites excluding steroid dienone is 2. The maximum atomic E-state index is 13.3. The molecule has 1 aliphatic heterocycles. The Morgan fingerprint density at radius 1 is 0.968 bits per heavy atom. The highest BCUT2D eigenvalue weighted by atomic mass is 16.5. The molecule has 0 aromatic heterocycles. The predicted molar refractivity (Wildman–Crippen MR) is 116 cm³/mol. The molecule has 1 aromatic rings. The summed E-state index contributed by atoms with van der Waals surface area (Å²) in [6.45, 7) is 4.76. The van der Waals surface area contributed by atoms with Crippen molar-refractivity contribution in [3.8, 4) is 0 Å². The van der Waals surface area contributed by atoms with E-state index in [0.29, 0.717) is 37.1 Å². The highest BCUT2D eigenvalue weighted by Gasteiger charge is 2.38. The monoisotopic (exact) mass is 426 g/mol. The molecule has 1 heterocycles. The van der Waals surface area contributed by atoms with Crippen molar-refractivity contribution in [3.05, 3.63) is 58.6 Å². The molecule has 2 aliphatic rings. The number of likely N-dealkylation sites (N-methyl/N-ethyl adjacent to an activating group) is 1. The minimum Gasteiger partial charge on any atom is -0.489 e. The molecule has 1 saturated heterocycles. The standard InChI is InChI=1S/C24H30N2O5/c1-16-20(22(29)24(31-4)23(30-3)21(16)28)18(17-8-6-5-7-9-17)10-11-19(27)26-14-12-25(2)13-15-26/h5-9,18H,10-15H2,1-4H3. The van der Waals surface area contributed by atoms with E-state index in [0.717, 1.165) is 18.7 Å². The molecule has 1 fully saturated rings. The topological polar surface area (TPSA) is 76.2 Å². The van der Waals surface area contributed by atoms with Crippen molar-refractivity contribution >= 4 is 17.5 Å². The third kappa shape index (κ3) is 4.71. The lowest BCUT2D eigenvalue weighted by Crippen LogP contribution is -2.47. The van der Waals surface area contributed by atoms with E-state index in [9.17, 15) is 14.4 Å². The molecule has 1 aliphatic carbocycles. The number of piperazine rings is 1. The van der Waals surface area contributed by atoms with Gasteiger partial charge in [-0.3, -0.25) is 14.4 Å². The fourth-order valence-corrected chi connectivity index (χ4v) is 4.23. The Bertz CT molecular complexity index is 911. The fourth-order valence-electron chi connectivity index (χ4n) is 4.23. The molecule has 0 N–H and O–H groups in total. The molecule has 7 heteroatoms. The van der Waals surface area contributed by atoms with Crippen LogP contribution in [0.1, 0.15) is 31.2 Å². The number of hydrogen-bond acceptors (Lipinski definition) is 6. The van der Waals surface area contributed by atoms with Crippen LogP contribution in [0.4, 0.5) is 0 Å². The number of nitrogens with zero attached hydrogens (tertiary/aromatic N) is 2. The van der Waals surface area contributed by atoms with Gasteiger partial charge in [-0.05, 0) is 26.0 Å². The van der Waals surface area contributed by atoms with Gasteiger partial charge in [-0.2, -0.15) is 0 Å². The van der Waals surface area contributed by atoms with Crippen LogP contribution in [0.5, 0.6) is 0 Å². The van der Waals surface area contributed by atoms with Gasteiger partial charge in [-0.1, -0.05) is 30.3 Å². The second-order valence-electron chi connectivity index (χ2n) is 7.95. The van der Waals surface area contributed by atoms with E-state index in [-0.39, 0.29) is 29.0 Å². The van der Waals surface area contributed by atoms with Gasteiger partial charge in [-0.15, -0.1) is 0 Å². The van der Waals surface area contributed by atoms with E-state index in [1.54, 1.807) is 6.92 Å². The van der Waals surface area contributed by atoms with Crippen LogP contribution < -0.4 is 0 Å². The van der Waals surface area contributed by atoms with Crippen molar-refractivity contribution in [2.24, 2.45) is 0 Å². The number of rotatable bonds is 7. The first-order valence-corrected chi connectivity index (χ1v) is 10.5. The summed E-state index contributed by atoms with van der Waals surface area (Å²) in [6.07, 6.45) is 0.727. The molecule has 0 spiro atoms. The summed E-state index contributed by atoms with van der Waals surface area (Å²) in [5.41, 5.74) is 1.60. The predicted octanol–water partition coefficient (Wildman–Crippen LogP) is 2.30. The molecule has 1 aromatic carbocycles. The maximum Gasteiger partial charge on any atom is 0.228 e. The minimum atomic E-state index is -0.391. The molecular weight excluding hydrogens is 396 g/mol. The molecule has 0 saturated carbocycles. The SMILES string of the molecule is COC1=C(OC)C(=O)C(C(CCC(=O)N2CCN(C)CC2)c2ccccc2)=C(C)C1=O. The quantitative estimate of drug-likeness (QED) is 0.623. The second-order valence-corrected chi connectivity index (χ2v) is 7.95. The van der Waals surface area contributed by atoms with Crippen LogP contribution in [0, 0.1) is 0 Å². The van der Waals surface area contributed by atoms with Gasteiger partial charge < -0.3 is 19.3 Å². The van der Waals surface area contributed by atoms with Crippen molar-refractivity contribution in [2.45, 2.75) is 25.7 Å². The average molecular weight is 427 g/mol. The van der Waals surface area contributed by atoms with Crippen LogP contribution in [0.2, 0.25) is 0 Å². The van der Waals surface area contributed by atoms with E-state index < -0.39 is 5.92 Å². The Hall–Kier alpha value is -2.93. The third-order valence-electron chi connectivity index (χ3n) is 6.07. The number of carbonyl (C=O) groups is 3. The first-order chi connectivity index (χ1) is 14.9. The summed E-state index contributed by atoms with van der Waals surface area (Å²) < 4.78 is 10.4. The molecule has 3 rings (SSSR count). The number of carbonyl (C=O) groups excluding carboxylic acids is 3. The average Bonchev–Trinajstić information content (AvgIpc) is 2.79. The molecule has 7 nitrogen and oxygen atoms in total. The zero-order chi connectivity index (χ0) is 22.5. The summed E-state index contributed by atoms with van der Waals surface area (Å²) in [7, 11) is 4.75. The number of amides is 1. The molecule has 1 amide bonds. The summed E-state index contributed by atoms with van der Waals surface area (Å²) in [5.74, 6) is -1.20. The Kier molecular flexibility index (Phi) is 7.28. The van der Waals surface area contributed by atoms with Crippen molar-refractivity contribution in [1.29, 1.82) is 0 Å². The first-order valence-electron chi connectivity index (χ1n) is 10.5. The molecule has 31 heavy (non-hydrogen) atoms. The maximum absolute atomic E-state index is 13.3. The molecule has 0 radical (unpaired) electrons. The van der Waals surface area contributed by atoms with E-state index in [1.165, 1.54) is 14.2 Å².